The Kier molecular flexibility index (Phi) is 8.54. The van der Waals surface area contributed by atoms with Crippen molar-refractivity contribution in [1.82, 2.24) is 0 Å². The van der Waals surface area contributed by atoms with Gasteiger partial charge in [0.2, 0.25) is 0 Å². The average molecular weight is 474 g/mol. The van der Waals surface area contributed by atoms with Crippen LogP contribution < -0.4 is 4.31 Å². The van der Waals surface area contributed by atoms with Gasteiger partial charge in [-0.2, -0.15) is 13.2 Å². The Morgan fingerprint density at radius 3 is 2.44 bits per heavy atom. The van der Waals surface area contributed by atoms with Gasteiger partial charge < -0.3 is 9.84 Å². The summed E-state index contributed by atoms with van der Waals surface area (Å²) in [5, 5.41) is 9.79. The number of hydrogen-bond donors (Lipinski definition) is 1. The number of phenolic OH excluding ortho intramolecular Hbond substituents is 1. The van der Waals surface area contributed by atoms with Crippen molar-refractivity contribution < 1.29 is 36.2 Å². The molecule has 2 rings (SSSR count). The molecule has 2 aromatic carbocycles. The number of aryl methyl sites for hydroxylation is 1. The zero-order chi connectivity index (χ0) is 23.9. The standard InChI is InChI=1S/C22H26F3NO5S/c1-3-31-21(28)10-5-4-6-13-26(17-8-7-9-18(27)15-17)32(29,30)20-14-16(2)11-12-19(20)22(23,24)25/h7-9,11-12,14-15,27H,3-6,10,13H2,1-2H3. The van der Waals surface area contributed by atoms with Crippen LogP contribution in [-0.4, -0.2) is 32.6 Å². The SMILES string of the molecule is CCOC(=O)CCCCCN(c1cccc(O)c1)S(=O)(=O)c1cc(C)ccc1C(F)(F)F. The van der Waals surface area contributed by atoms with Crippen LogP contribution in [0.4, 0.5) is 18.9 Å². The third kappa shape index (κ3) is 6.62. The van der Waals surface area contributed by atoms with Crippen LogP contribution in [0.25, 0.3) is 0 Å². The van der Waals surface area contributed by atoms with Gasteiger partial charge in [-0.15, -0.1) is 0 Å². The molecule has 0 aliphatic rings. The maximum absolute atomic E-state index is 13.6. The number of halogens is 3. The zero-order valence-corrected chi connectivity index (χ0v) is 18.7. The Morgan fingerprint density at radius 2 is 1.81 bits per heavy atom. The third-order valence-corrected chi connectivity index (χ3v) is 6.54. The van der Waals surface area contributed by atoms with Crippen LogP contribution in [0.3, 0.4) is 0 Å². The second-order valence-corrected chi connectivity index (χ2v) is 9.04. The molecular formula is C22H26F3NO5S. The number of benzene rings is 2. The highest BCUT2D eigenvalue weighted by Gasteiger charge is 2.39. The zero-order valence-electron chi connectivity index (χ0n) is 17.9. The summed E-state index contributed by atoms with van der Waals surface area (Å²) < 4.78 is 73.2. The van der Waals surface area contributed by atoms with Crippen molar-refractivity contribution in [3.05, 3.63) is 53.6 Å². The molecular weight excluding hydrogens is 447 g/mol. The molecule has 0 saturated heterocycles. The average Bonchev–Trinajstić information content (AvgIpc) is 2.69. The number of esters is 1. The lowest BCUT2D eigenvalue weighted by Gasteiger charge is -2.26. The molecule has 0 unspecified atom stereocenters. The molecule has 0 aliphatic heterocycles. The Morgan fingerprint density at radius 1 is 1.09 bits per heavy atom. The minimum atomic E-state index is -4.86. The van der Waals surface area contributed by atoms with Gasteiger partial charge in [0.05, 0.1) is 22.8 Å². The van der Waals surface area contributed by atoms with Crippen LogP contribution in [0, 0.1) is 6.92 Å². The van der Waals surface area contributed by atoms with E-state index in [9.17, 15) is 31.5 Å². The van der Waals surface area contributed by atoms with Crippen molar-refractivity contribution in [1.29, 1.82) is 0 Å². The topological polar surface area (TPSA) is 83.9 Å². The number of unbranched alkanes of at least 4 members (excludes halogenated alkanes) is 2. The van der Waals surface area contributed by atoms with E-state index in [1.165, 1.54) is 37.3 Å². The number of carbonyl (C=O) groups excluding carboxylic acids is 1. The minimum absolute atomic E-state index is 0.0463. The summed E-state index contributed by atoms with van der Waals surface area (Å²) in [6.45, 7) is 3.34. The van der Waals surface area contributed by atoms with Crippen LogP contribution in [0.15, 0.2) is 47.4 Å². The number of anilines is 1. The smallest absolute Gasteiger partial charge is 0.417 e. The van der Waals surface area contributed by atoms with Gasteiger partial charge in [0, 0.05) is 19.0 Å². The van der Waals surface area contributed by atoms with Crippen LogP contribution in [0.1, 0.15) is 43.7 Å². The number of rotatable bonds is 10. The number of ether oxygens (including phenoxy) is 1. The predicted octanol–water partition coefficient (Wildman–Crippen LogP) is 5.04. The van der Waals surface area contributed by atoms with Crippen molar-refractivity contribution in [3.8, 4) is 5.75 Å². The third-order valence-electron chi connectivity index (χ3n) is 4.68. The Labute approximate surface area is 185 Å². The molecule has 32 heavy (non-hydrogen) atoms. The summed E-state index contributed by atoms with van der Waals surface area (Å²) >= 11 is 0. The normalized spacial score (nSPS) is 11.9. The fourth-order valence-corrected chi connectivity index (χ4v) is 4.96. The Balaban J connectivity index is 2.36. The molecule has 0 amide bonds. The van der Waals surface area contributed by atoms with E-state index < -0.39 is 26.7 Å². The summed E-state index contributed by atoms with van der Waals surface area (Å²) in [5.41, 5.74) is -0.845. The summed E-state index contributed by atoms with van der Waals surface area (Å²) in [7, 11) is -4.61. The predicted molar refractivity (Wildman–Crippen MR) is 114 cm³/mol. The van der Waals surface area contributed by atoms with Gasteiger partial charge in [0.25, 0.3) is 10.0 Å². The maximum Gasteiger partial charge on any atom is 0.417 e. The van der Waals surface area contributed by atoms with Gasteiger partial charge in [-0.05, 0) is 56.5 Å². The fourth-order valence-electron chi connectivity index (χ4n) is 3.17. The molecule has 0 fully saturated rings. The van der Waals surface area contributed by atoms with Crippen molar-refractivity contribution in [2.75, 3.05) is 17.5 Å². The number of hydrogen-bond acceptors (Lipinski definition) is 5. The molecule has 0 aliphatic carbocycles. The van der Waals surface area contributed by atoms with Crippen molar-refractivity contribution in [2.24, 2.45) is 0 Å². The van der Waals surface area contributed by atoms with E-state index >= 15 is 0 Å². The number of nitrogens with zero attached hydrogens (tertiary/aromatic N) is 1. The largest absolute Gasteiger partial charge is 0.508 e. The summed E-state index contributed by atoms with van der Waals surface area (Å²) in [5.74, 6) is -0.579. The fraction of sp³-hybridized carbons (Fsp3) is 0.409. The Hall–Kier alpha value is -2.75. The lowest BCUT2D eigenvalue weighted by Crippen LogP contribution is -2.33. The number of alkyl halides is 3. The maximum atomic E-state index is 13.6. The van der Waals surface area contributed by atoms with Crippen molar-refractivity contribution >= 4 is 21.7 Å². The van der Waals surface area contributed by atoms with E-state index in [1.807, 2.05) is 0 Å². The van der Waals surface area contributed by atoms with Crippen LogP contribution in [-0.2, 0) is 25.7 Å². The highest BCUT2D eigenvalue weighted by atomic mass is 32.2. The van der Waals surface area contributed by atoms with Crippen molar-refractivity contribution in [3.63, 3.8) is 0 Å². The van der Waals surface area contributed by atoms with E-state index in [2.05, 4.69) is 0 Å². The lowest BCUT2D eigenvalue weighted by atomic mass is 10.1. The molecule has 176 valence electrons. The molecule has 0 heterocycles. The van der Waals surface area contributed by atoms with E-state index in [-0.39, 0.29) is 37.0 Å². The quantitative estimate of drug-likeness (QED) is 0.386. The second-order valence-electron chi connectivity index (χ2n) is 7.21. The van der Waals surface area contributed by atoms with Gasteiger partial charge >= 0.3 is 12.1 Å². The first-order chi connectivity index (χ1) is 15.0. The summed E-state index contributed by atoms with van der Waals surface area (Å²) in [6.07, 6.45) is -3.49. The summed E-state index contributed by atoms with van der Waals surface area (Å²) in [6, 6.07) is 8.28. The van der Waals surface area contributed by atoms with E-state index in [0.717, 1.165) is 16.4 Å². The van der Waals surface area contributed by atoms with Gasteiger partial charge in [0.15, 0.2) is 0 Å². The number of phenols is 1. The van der Waals surface area contributed by atoms with Crippen LogP contribution in [0.5, 0.6) is 5.75 Å². The van der Waals surface area contributed by atoms with Crippen LogP contribution in [0.2, 0.25) is 0 Å². The first-order valence-electron chi connectivity index (χ1n) is 10.1. The molecule has 0 radical (unpaired) electrons. The second kappa shape index (κ2) is 10.7. The number of carbonyl (C=O) groups is 1. The van der Waals surface area contributed by atoms with Gasteiger partial charge in [-0.3, -0.25) is 9.10 Å². The van der Waals surface area contributed by atoms with E-state index in [0.29, 0.717) is 24.8 Å². The van der Waals surface area contributed by atoms with E-state index in [4.69, 9.17) is 4.74 Å². The first-order valence-corrected chi connectivity index (χ1v) is 11.6. The molecule has 0 saturated carbocycles. The van der Waals surface area contributed by atoms with Crippen LogP contribution >= 0.6 is 0 Å². The molecule has 0 atom stereocenters. The number of aromatic hydroxyl groups is 1. The lowest BCUT2D eigenvalue weighted by molar-refractivity contribution is -0.143. The molecule has 6 nitrogen and oxygen atoms in total. The Bertz CT molecular complexity index is 1040. The molecule has 0 aromatic heterocycles. The number of sulfonamides is 1. The minimum Gasteiger partial charge on any atom is -0.508 e. The van der Waals surface area contributed by atoms with Gasteiger partial charge in [0.1, 0.15) is 5.75 Å². The van der Waals surface area contributed by atoms with Crippen molar-refractivity contribution in [2.45, 2.75) is 50.6 Å². The summed E-state index contributed by atoms with van der Waals surface area (Å²) in [4.78, 5) is 10.6. The molecule has 10 heteroatoms. The first kappa shape index (κ1) is 25.5. The van der Waals surface area contributed by atoms with Gasteiger partial charge in [-0.25, -0.2) is 8.42 Å². The van der Waals surface area contributed by atoms with Gasteiger partial charge in [-0.1, -0.05) is 18.6 Å². The highest BCUT2D eigenvalue weighted by Crippen LogP contribution is 2.37. The molecule has 0 bridgehead atoms. The molecule has 1 N–H and O–H groups in total. The molecule has 0 spiro atoms. The molecule has 2 aromatic rings. The van der Waals surface area contributed by atoms with E-state index in [1.54, 1.807) is 6.92 Å². The monoisotopic (exact) mass is 473 g/mol. The highest BCUT2D eigenvalue weighted by molar-refractivity contribution is 7.92.